The van der Waals surface area contributed by atoms with Crippen molar-refractivity contribution in [3.63, 3.8) is 0 Å². The first kappa shape index (κ1) is 18.7. The van der Waals surface area contributed by atoms with Crippen LogP contribution in [0.15, 0.2) is 46.0 Å². The second-order valence-electron chi connectivity index (χ2n) is 4.86. The molecule has 1 aromatic heterocycles. The summed E-state index contributed by atoms with van der Waals surface area (Å²) >= 11 is 1.10. The van der Waals surface area contributed by atoms with Gasteiger partial charge in [-0.1, -0.05) is 6.07 Å². The number of benzene rings is 1. The minimum absolute atomic E-state index is 0.0181. The Morgan fingerprint density at radius 2 is 1.79 bits per heavy atom. The maximum Gasteiger partial charge on any atom is 0.250 e. The third-order valence-corrected chi connectivity index (χ3v) is 7.18. The quantitative estimate of drug-likeness (QED) is 0.737. The van der Waals surface area contributed by atoms with Crippen LogP contribution in [-0.4, -0.2) is 43.3 Å². The topological polar surface area (TPSA) is 92.8 Å². The number of nitrogens with one attached hydrogen (secondary N) is 1. The van der Waals surface area contributed by atoms with Gasteiger partial charge in [-0.2, -0.15) is 0 Å². The van der Waals surface area contributed by atoms with E-state index in [4.69, 9.17) is 4.74 Å². The van der Waals surface area contributed by atoms with Crippen LogP contribution < -0.4 is 13.8 Å². The van der Waals surface area contributed by atoms with E-state index >= 15 is 0 Å². The molecule has 132 valence electrons. The molecule has 0 fully saturated rings. The lowest BCUT2D eigenvalue weighted by molar-refractivity contribution is 0.415. The molecule has 0 bridgehead atoms. The van der Waals surface area contributed by atoms with Crippen LogP contribution in [0.2, 0.25) is 0 Å². The molecule has 24 heavy (non-hydrogen) atoms. The summed E-state index contributed by atoms with van der Waals surface area (Å²) < 4.78 is 56.9. The van der Waals surface area contributed by atoms with Gasteiger partial charge in [0.25, 0.3) is 0 Å². The Hall–Kier alpha value is -1.62. The van der Waals surface area contributed by atoms with Gasteiger partial charge in [-0.25, -0.2) is 21.6 Å². The fraction of sp³-hybridized carbons (Fsp3) is 0.286. The second-order valence-corrected chi connectivity index (χ2v) is 9.71. The molecule has 0 aliphatic rings. The lowest BCUT2D eigenvalue weighted by Gasteiger charge is -2.22. The number of thiophene rings is 1. The maximum absolute atomic E-state index is 12.1. The first-order valence-electron chi connectivity index (χ1n) is 6.89. The minimum Gasteiger partial charge on any atom is -0.497 e. The predicted molar refractivity (Wildman–Crippen MR) is 94.7 cm³/mol. The van der Waals surface area contributed by atoms with Crippen molar-refractivity contribution in [2.45, 2.75) is 4.21 Å². The van der Waals surface area contributed by atoms with Gasteiger partial charge in [-0.3, -0.25) is 4.31 Å². The summed E-state index contributed by atoms with van der Waals surface area (Å²) in [6, 6.07) is 9.62. The average molecular weight is 391 g/mol. The first-order chi connectivity index (χ1) is 11.2. The Balaban J connectivity index is 2.10. The van der Waals surface area contributed by atoms with Gasteiger partial charge >= 0.3 is 0 Å². The zero-order valence-electron chi connectivity index (χ0n) is 13.2. The number of hydrogen-bond donors (Lipinski definition) is 1. The van der Waals surface area contributed by atoms with Gasteiger partial charge in [0.2, 0.25) is 20.0 Å². The number of sulfonamides is 2. The van der Waals surface area contributed by atoms with Gasteiger partial charge in [0.05, 0.1) is 19.1 Å². The average Bonchev–Trinajstić information content (AvgIpc) is 3.06. The Kier molecular flexibility index (Phi) is 5.86. The molecular weight excluding hydrogens is 372 g/mol. The normalized spacial score (nSPS) is 12.1. The molecule has 0 saturated carbocycles. The van der Waals surface area contributed by atoms with E-state index in [2.05, 4.69) is 4.72 Å². The Morgan fingerprint density at radius 1 is 1.12 bits per heavy atom. The number of hydrogen-bond acceptors (Lipinski definition) is 6. The highest BCUT2D eigenvalue weighted by Gasteiger charge is 2.20. The zero-order chi connectivity index (χ0) is 17.8. The number of anilines is 1. The van der Waals surface area contributed by atoms with Gasteiger partial charge in [-0.15, -0.1) is 11.3 Å². The van der Waals surface area contributed by atoms with Gasteiger partial charge in [0, 0.05) is 13.1 Å². The lowest BCUT2D eigenvalue weighted by atomic mass is 10.3. The van der Waals surface area contributed by atoms with Crippen molar-refractivity contribution in [1.29, 1.82) is 0 Å². The van der Waals surface area contributed by atoms with Crippen LogP contribution in [0.3, 0.4) is 0 Å². The summed E-state index contributed by atoms with van der Waals surface area (Å²) in [4.78, 5) is 0. The fourth-order valence-electron chi connectivity index (χ4n) is 2.00. The smallest absolute Gasteiger partial charge is 0.250 e. The van der Waals surface area contributed by atoms with Crippen LogP contribution >= 0.6 is 11.3 Å². The summed E-state index contributed by atoms with van der Waals surface area (Å²) in [7, 11) is -5.66. The highest BCUT2D eigenvalue weighted by Crippen LogP contribution is 2.21. The molecule has 0 aliphatic heterocycles. The van der Waals surface area contributed by atoms with Gasteiger partial charge in [0.1, 0.15) is 9.96 Å². The zero-order valence-corrected chi connectivity index (χ0v) is 15.6. The largest absolute Gasteiger partial charge is 0.497 e. The van der Waals surface area contributed by atoms with Crippen molar-refractivity contribution in [2.75, 3.05) is 30.8 Å². The molecule has 1 heterocycles. The number of rotatable bonds is 8. The first-order valence-corrected chi connectivity index (χ1v) is 11.1. The molecule has 1 aromatic carbocycles. The molecule has 0 radical (unpaired) electrons. The molecule has 0 atom stereocenters. The van der Waals surface area contributed by atoms with Crippen molar-refractivity contribution in [3.8, 4) is 5.75 Å². The van der Waals surface area contributed by atoms with Crippen LogP contribution in [0.25, 0.3) is 0 Å². The molecule has 0 unspecified atom stereocenters. The van der Waals surface area contributed by atoms with E-state index in [1.165, 1.54) is 13.2 Å². The molecule has 0 amide bonds. The number of ether oxygens (including phenoxy) is 1. The SMILES string of the molecule is COc1ccc(N(CCNS(=O)(=O)c2cccs2)S(C)(=O)=O)cc1. The van der Waals surface area contributed by atoms with E-state index in [0.29, 0.717) is 11.4 Å². The third-order valence-electron chi connectivity index (χ3n) is 3.13. The Bertz CT molecular complexity index is 860. The number of methoxy groups -OCH3 is 1. The summed E-state index contributed by atoms with van der Waals surface area (Å²) in [5, 5.41) is 1.66. The van der Waals surface area contributed by atoms with Crippen LogP contribution in [0, 0.1) is 0 Å². The molecule has 0 aliphatic carbocycles. The molecule has 0 saturated heterocycles. The van der Waals surface area contributed by atoms with Crippen molar-refractivity contribution in [1.82, 2.24) is 4.72 Å². The molecule has 2 rings (SSSR count). The lowest BCUT2D eigenvalue weighted by Crippen LogP contribution is -2.38. The summed E-state index contributed by atoms with van der Waals surface area (Å²) in [6.45, 7) is -0.0604. The van der Waals surface area contributed by atoms with E-state index in [-0.39, 0.29) is 17.3 Å². The molecular formula is C14H18N2O5S3. The second kappa shape index (κ2) is 7.51. The molecule has 0 spiro atoms. The van der Waals surface area contributed by atoms with Crippen molar-refractivity contribution in [3.05, 3.63) is 41.8 Å². The van der Waals surface area contributed by atoms with E-state index in [9.17, 15) is 16.8 Å². The Labute approximate surface area is 146 Å². The predicted octanol–water partition coefficient (Wildman–Crippen LogP) is 1.50. The summed E-state index contributed by atoms with van der Waals surface area (Å²) in [5.41, 5.74) is 0.439. The van der Waals surface area contributed by atoms with E-state index in [1.54, 1.807) is 35.7 Å². The van der Waals surface area contributed by atoms with Gasteiger partial charge < -0.3 is 4.74 Å². The van der Waals surface area contributed by atoms with E-state index in [0.717, 1.165) is 21.9 Å². The van der Waals surface area contributed by atoms with Crippen molar-refractivity contribution < 1.29 is 21.6 Å². The summed E-state index contributed by atoms with van der Waals surface area (Å²) in [6.07, 6.45) is 1.07. The van der Waals surface area contributed by atoms with Gasteiger partial charge in [-0.05, 0) is 35.7 Å². The van der Waals surface area contributed by atoms with E-state index in [1.807, 2.05) is 0 Å². The van der Waals surface area contributed by atoms with Crippen molar-refractivity contribution >= 4 is 37.1 Å². The van der Waals surface area contributed by atoms with Crippen LogP contribution in [0.4, 0.5) is 5.69 Å². The highest BCUT2D eigenvalue weighted by atomic mass is 32.2. The van der Waals surface area contributed by atoms with Gasteiger partial charge in [0.15, 0.2) is 0 Å². The van der Waals surface area contributed by atoms with Crippen LogP contribution in [-0.2, 0) is 20.0 Å². The number of nitrogens with zero attached hydrogens (tertiary/aromatic N) is 1. The monoisotopic (exact) mass is 390 g/mol. The molecule has 2 aromatic rings. The standard InChI is InChI=1S/C14H18N2O5S3/c1-21-13-7-5-12(6-8-13)16(23(2,17)18)10-9-15-24(19,20)14-4-3-11-22-14/h3-8,11,15H,9-10H2,1-2H3. The van der Waals surface area contributed by atoms with Crippen LogP contribution in [0.1, 0.15) is 0 Å². The highest BCUT2D eigenvalue weighted by molar-refractivity contribution is 7.92. The molecule has 10 heteroatoms. The Morgan fingerprint density at radius 3 is 2.29 bits per heavy atom. The minimum atomic E-state index is -3.62. The summed E-state index contributed by atoms with van der Waals surface area (Å²) in [5.74, 6) is 0.602. The maximum atomic E-state index is 12.1. The van der Waals surface area contributed by atoms with Crippen LogP contribution in [0.5, 0.6) is 5.75 Å². The molecule has 7 nitrogen and oxygen atoms in total. The fourth-order valence-corrected chi connectivity index (χ4v) is 4.99. The third kappa shape index (κ3) is 4.69. The molecule has 1 N–H and O–H groups in total. The van der Waals surface area contributed by atoms with Crippen molar-refractivity contribution in [2.24, 2.45) is 0 Å². The van der Waals surface area contributed by atoms with E-state index < -0.39 is 20.0 Å².